The largest absolute Gasteiger partial charge is 0.323 e. The number of rotatable bonds is 3. The molecule has 0 saturated carbocycles. The van der Waals surface area contributed by atoms with Gasteiger partial charge in [0.1, 0.15) is 0 Å². The van der Waals surface area contributed by atoms with Crippen molar-refractivity contribution in [1.29, 1.82) is 0 Å². The molecule has 0 aromatic heterocycles. The average molecular weight is 288 g/mol. The molecule has 104 valence electrons. The minimum atomic E-state index is -3.57. The Hall–Kier alpha value is -2.01. The number of nitrogens with one attached hydrogen (secondary N) is 1. The molecule has 2 aromatic carbocycles. The quantitative estimate of drug-likeness (QED) is 0.944. The molecule has 2 aromatic rings. The van der Waals surface area contributed by atoms with Crippen LogP contribution in [0.25, 0.3) is 0 Å². The highest BCUT2D eigenvalue weighted by molar-refractivity contribution is 7.94. The fraction of sp³-hybridized carbons (Fsp3) is 0.200. The molecule has 0 fully saturated rings. The lowest BCUT2D eigenvalue weighted by molar-refractivity contribution is 0.597. The highest BCUT2D eigenvalue weighted by atomic mass is 32.2. The summed E-state index contributed by atoms with van der Waals surface area (Å²) >= 11 is 0. The van der Waals surface area contributed by atoms with Crippen LogP contribution >= 0.6 is 0 Å². The minimum absolute atomic E-state index is 0.487. The predicted octanol–water partition coefficient (Wildman–Crippen LogP) is 2.71. The summed E-state index contributed by atoms with van der Waals surface area (Å²) in [5.41, 5.74) is 3.37. The molecule has 0 amide bonds. The topological polar surface area (TPSA) is 49.4 Å². The van der Waals surface area contributed by atoms with Crippen LogP contribution < -0.4 is 9.03 Å². The maximum Gasteiger partial charge on any atom is 0.323 e. The molecule has 5 heteroatoms. The van der Waals surface area contributed by atoms with E-state index in [9.17, 15) is 8.42 Å². The van der Waals surface area contributed by atoms with Crippen molar-refractivity contribution in [2.75, 3.05) is 15.6 Å². The molecule has 1 aliphatic rings. The van der Waals surface area contributed by atoms with E-state index in [1.807, 2.05) is 49.4 Å². The average Bonchev–Trinajstić information content (AvgIpc) is 2.86. The Kier molecular flexibility index (Phi) is 3.14. The van der Waals surface area contributed by atoms with Gasteiger partial charge < -0.3 is 0 Å². The van der Waals surface area contributed by atoms with E-state index in [0.717, 1.165) is 23.2 Å². The van der Waals surface area contributed by atoms with Crippen LogP contribution in [0.1, 0.15) is 11.1 Å². The summed E-state index contributed by atoms with van der Waals surface area (Å²) in [6, 6.07) is 15.0. The number of aryl methyl sites for hydroxylation is 1. The zero-order valence-corrected chi connectivity index (χ0v) is 12.0. The van der Waals surface area contributed by atoms with Crippen LogP contribution in [0, 0.1) is 6.92 Å². The number of fused-ring (bicyclic) bond motifs is 1. The van der Waals surface area contributed by atoms with Gasteiger partial charge in [-0.1, -0.05) is 36.4 Å². The number of para-hydroxylation sites is 2. The zero-order chi connectivity index (χ0) is 14.2. The molecule has 3 rings (SSSR count). The Morgan fingerprint density at radius 1 is 1.05 bits per heavy atom. The Morgan fingerprint density at radius 3 is 2.55 bits per heavy atom. The third-order valence-electron chi connectivity index (χ3n) is 3.52. The summed E-state index contributed by atoms with van der Waals surface area (Å²) in [4.78, 5) is 0. The Bertz CT molecular complexity index is 741. The van der Waals surface area contributed by atoms with Crippen molar-refractivity contribution in [3.8, 4) is 0 Å². The second-order valence-corrected chi connectivity index (χ2v) is 6.47. The van der Waals surface area contributed by atoms with Crippen LogP contribution in [-0.4, -0.2) is 15.0 Å². The summed E-state index contributed by atoms with van der Waals surface area (Å²) in [5, 5.41) is 0. The van der Waals surface area contributed by atoms with Crippen LogP contribution in [0.2, 0.25) is 0 Å². The van der Waals surface area contributed by atoms with Crippen LogP contribution in [0.3, 0.4) is 0 Å². The van der Waals surface area contributed by atoms with Gasteiger partial charge >= 0.3 is 10.2 Å². The summed E-state index contributed by atoms with van der Waals surface area (Å²) in [7, 11) is -3.57. The van der Waals surface area contributed by atoms with E-state index in [1.165, 1.54) is 4.31 Å². The van der Waals surface area contributed by atoms with Crippen molar-refractivity contribution >= 4 is 21.6 Å². The highest BCUT2D eigenvalue weighted by Crippen LogP contribution is 2.30. The normalized spacial score (nSPS) is 14.2. The van der Waals surface area contributed by atoms with E-state index >= 15 is 0 Å². The van der Waals surface area contributed by atoms with Gasteiger partial charge in [-0.3, -0.25) is 9.03 Å². The smallest absolute Gasteiger partial charge is 0.266 e. The van der Waals surface area contributed by atoms with Gasteiger partial charge in [0.15, 0.2) is 0 Å². The molecule has 0 aliphatic carbocycles. The number of hydrogen-bond donors (Lipinski definition) is 1. The maximum atomic E-state index is 12.5. The molecular weight excluding hydrogens is 272 g/mol. The van der Waals surface area contributed by atoms with Gasteiger partial charge in [0.25, 0.3) is 0 Å². The van der Waals surface area contributed by atoms with Gasteiger partial charge in [-0.15, -0.1) is 0 Å². The van der Waals surface area contributed by atoms with Gasteiger partial charge in [0, 0.05) is 6.54 Å². The predicted molar refractivity (Wildman–Crippen MR) is 81.2 cm³/mol. The molecule has 0 spiro atoms. The second kappa shape index (κ2) is 4.83. The fourth-order valence-corrected chi connectivity index (χ4v) is 3.82. The number of hydrogen-bond acceptors (Lipinski definition) is 2. The summed E-state index contributed by atoms with van der Waals surface area (Å²) in [6.45, 7) is 2.37. The maximum absolute atomic E-state index is 12.5. The summed E-state index contributed by atoms with van der Waals surface area (Å²) < 4.78 is 29.2. The first-order valence-corrected chi connectivity index (χ1v) is 7.96. The van der Waals surface area contributed by atoms with E-state index in [2.05, 4.69) is 4.72 Å². The molecular formula is C15H16N2O2S. The van der Waals surface area contributed by atoms with E-state index in [1.54, 1.807) is 6.07 Å². The fourth-order valence-electron chi connectivity index (χ4n) is 2.44. The molecule has 0 bridgehead atoms. The summed E-state index contributed by atoms with van der Waals surface area (Å²) in [6.07, 6.45) is 0.755. The van der Waals surface area contributed by atoms with Crippen LogP contribution in [-0.2, 0) is 16.6 Å². The Balaban J connectivity index is 1.93. The zero-order valence-electron chi connectivity index (χ0n) is 11.2. The molecule has 0 unspecified atom stereocenters. The Morgan fingerprint density at radius 2 is 1.75 bits per heavy atom. The van der Waals surface area contributed by atoms with Crippen molar-refractivity contribution in [3.05, 3.63) is 59.7 Å². The van der Waals surface area contributed by atoms with Gasteiger partial charge in [-0.2, -0.15) is 8.42 Å². The van der Waals surface area contributed by atoms with Gasteiger partial charge in [-0.25, -0.2) is 0 Å². The number of benzene rings is 2. The highest BCUT2D eigenvalue weighted by Gasteiger charge is 2.29. The van der Waals surface area contributed by atoms with Crippen molar-refractivity contribution in [3.63, 3.8) is 0 Å². The SMILES string of the molecule is Cc1ccccc1NS(=O)(=O)N1CCc2ccccc21. The molecule has 4 nitrogen and oxygen atoms in total. The van der Waals surface area contributed by atoms with Crippen LogP contribution in [0.5, 0.6) is 0 Å². The lowest BCUT2D eigenvalue weighted by Crippen LogP contribution is -2.34. The second-order valence-electron chi connectivity index (χ2n) is 4.87. The molecule has 20 heavy (non-hydrogen) atoms. The lowest BCUT2D eigenvalue weighted by Gasteiger charge is -2.21. The molecule has 1 aliphatic heterocycles. The third-order valence-corrected chi connectivity index (χ3v) is 4.96. The van der Waals surface area contributed by atoms with E-state index in [0.29, 0.717) is 12.2 Å². The van der Waals surface area contributed by atoms with Crippen molar-refractivity contribution in [2.45, 2.75) is 13.3 Å². The standard InChI is InChI=1S/C15H16N2O2S/c1-12-6-2-4-8-14(12)16-20(18,19)17-11-10-13-7-3-5-9-15(13)17/h2-9,16H,10-11H2,1H3. The van der Waals surface area contributed by atoms with Gasteiger partial charge in [0.05, 0.1) is 11.4 Å². The first-order valence-electron chi connectivity index (χ1n) is 6.52. The molecule has 1 heterocycles. The molecule has 0 atom stereocenters. The van der Waals surface area contributed by atoms with Gasteiger partial charge in [0.2, 0.25) is 0 Å². The van der Waals surface area contributed by atoms with Gasteiger partial charge in [-0.05, 0) is 36.6 Å². The molecule has 0 radical (unpaired) electrons. The monoisotopic (exact) mass is 288 g/mol. The van der Waals surface area contributed by atoms with Crippen molar-refractivity contribution < 1.29 is 8.42 Å². The van der Waals surface area contributed by atoms with Crippen molar-refractivity contribution in [1.82, 2.24) is 0 Å². The number of anilines is 2. The third kappa shape index (κ3) is 2.25. The van der Waals surface area contributed by atoms with Crippen LogP contribution in [0.4, 0.5) is 11.4 Å². The van der Waals surface area contributed by atoms with Crippen LogP contribution in [0.15, 0.2) is 48.5 Å². The molecule has 0 saturated heterocycles. The minimum Gasteiger partial charge on any atom is -0.266 e. The van der Waals surface area contributed by atoms with Crippen molar-refractivity contribution in [2.24, 2.45) is 0 Å². The van der Waals surface area contributed by atoms with E-state index in [-0.39, 0.29) is 0 Å². The summed E-state index contributed by atoms with van der Waals surface area (Å²) in [5.74, 6) is 0. The first-order chi connectivity index (χ1) is 9.58. The first kappa shape index (κ1) is 13.0. The van der Waals surface area contributed by atoms with E-state index in [4.69, 9.17) is 0 Å². The van der Waals surface area contributed by atoms with E-state index < -0.39 is 10.2 Å². The Labute approximate surface area is 119 Å². The lowest BCUT2D eigenvalue weighted by atomic mass is 10.2. The molecule has 1 N–H and O–H groups in total. The number of nitrogens with zero attached hydrogens (tertiary/aromatic N) is 1.